The maximum Gasteiger partial charge on any atom is 0.161 e. The van der Waals surface area contributed by atoms with E-state index in [1.54, 1.807) is 6.07 Å². The molecule has 104 valence electrons. The van der Waals surface area contributed by atoms with E-state index in [0.29, 0.717) is 21.8 Å². The molecule has 1 heterocycles. The van der Waals surface area contributed by atoms with Gasteiger partial charge in [0.15, 0.2) is 5.82 Å². The van der Waals surface area contributed by atoms with E-state index in [0.717, 1.165) is 20.6 Å². The molecule has 2 aromatic rings. The molecule has 1 aromatic carbocycles. The molecule has 0 atom stereocenters. The van der Waals surface area contributed by atoms with Gasteiger partial charge in [-0.15, -0.1) is 0 Å². The lowest BCUT2D eigenvalue weighted by atomic mass is 10.2. The number of nitrogens with one attached hydrogen (secondary N) is 1. The summed E-state index contributed by atoms with van der Waals surface area (Å²) in [6.45, 7) is 0. The third-order valence-corrected chi connectivity index (χ3v) is 4.70. The number of rotatable bonds is 3. The Labute approximate surface area is 141 Å². The van der Waals surface area contributed by atoms with Crippen molar-refractivity contribution in [3.05, 3.63) is 37.5 Å². The van der Waals surface area contributed by atoms with E-state index in [-0.39, 0.29) is 0 Å². The summed E-state index contributed by atoms with van der Waals surface area (Å²) in [6.07, 6.45) is 2.40. The Hall–Kier alpha value is -0.590. The van der Waals surface area contributed by atoms with Gasteiger partial charge in [-0.2, -0.15) is 0 Å². The van der Waals surface area contributed by atoms with Crippen LogP contribution in [0, 0.1) is 3.57 Å². The molecule has 0 bridgehead atoms. The first kappa shape index (κ1) is 14.4. The van der Waals surface area contributed by atoms with Crippen molar-refractivity contribution in [3.63, 3.8) is 0 Å². The second-order valence-electron chi connectivity index (χ2n) is 4.78. The van der Waals surface area contributed by atoms with Gasteiger partial charge in [-0.3, -0.25) is 0 Å². The van der Waals surface area contributed by atoms with E-state index in [1.807, 2.05) is 19.2 Å². The molecule has 0 radical (unpaired) electrons. The van der Waals surface area contributed by atoms with Crippen molar-refractivity contribution in [1.29, 1.82) is 0 Å². The van der Waals surface area contributed by atoms with Gasteiger partial charge in [-0.05, 0) is 53.6 Å². The van der Waals surface area contributed by atoms with Crippen LogP contribution in [0.1, 0.15) is 24.5 Å². The van der Waals surface area contributed by atoms with Crippen molar-refractivity contribution in [2.75, 3.05) is 12.4 Å². The number of hydrogen-bond donors (Lipinski definition) is 1. The Morgan fingerprint density at radius 3 is 2.35 bits per heavy atom. The fourth-order valence-electron chi connectivity index (χ4n) is 2.07. The summed E-state index contributed by atoms with van der Waals surface area (Å²) in [6, 6.07) is 5.39. The van der Waals surface area contributed by atoms with Crippen LogP contribution in [0.15, 0.2) is 18.2 Å². The van der Waals surface area contributed by atoms with Gasteiger partial charge in [0, 0.05) is 28.6 Å². The quantitative estimate of drug-likeness (QED) is 0.713. The van der Waals surface area contributed by atoms with Crippen LogP contribution in [0.3, 0.4) is 0 Å². The smallest absolute Gasteiger partial charge is 0.161 e. The van der Waals surface area contributed by atoms with E-state index in [1.165, 1.54) is 12.8 Å². The molecule has 3 nitrogen and oxygen atoms in total. The van der Waals surface area contributed by atoms with Crippen molar-refractivity contribution in [2.45, 2.75) is 18.8 Å². The van der Waals surface area contributed by atoms with Crippen molar-refractivity contribution in [1.82, 2.24) is 9.97 Å². The lowest BCUT2D eigenvalue weighted by molar-refractivity contribution is 0.979. The minimum atomic E-state index is 0.561. The molecule has 6 heteroatoms. The van der Waals surface area contributed by atoms with Gasteiger partial charge in [-0.1, -0.05) is 23.2 Å². The summed E-state index contributed by atoms with van der Waals surface area (Å²) in [5.41, 5.74) is 1.97. The number of anilines is 1. The fourth-order valence-corrected chi connectivity index (χ4v) is 3.55. The van der Waals surface area contributed by atoms with E-state index in [9.17, 15) is 0 Å². The Kier molecular flexibility index (Phi) is 4.06. The maximum absolute atomic E-state index is 6.06. The topological polar surface area (TPSA) is 37.8 Å². The standard InChI is InChI=1S/C14H12Cl2IN3/c1-18-14-11(17)12(7-2-3-7)19-13(20-14)8-4-9(15)6-10(16)5-8/h4-7H,2-3H2,1H3,(H,18,19,20). The normalized spacial score (nSPS) is 14.4. The minimum absolute atomic E-state index is 0.561. The van der Waals surface area contributed by atoms with Gasteiger partial charge < -0.3 is 5.32 Å². The first-order chi connectivity index (χ1) is 9.58. The molecule has 0 saturated heterocycles. The Bertz CT molecular complexity index is 651. The molecule has 0 aliphatic heterocycles. The van der Waals surface area contributed by atoms with Gasteiger partial charge in [0.05, 0.1) is 9.26 Å². The van der Waals surface area contributed by atoms with Crippen LogP contribution in [0.2, 0.25) is 10.0 Å². The Morgan fingerprint density at radius 2 is 1.80 bits per heavy atom. The highest BCUT2D eigenvalue weighted by atomic mass is 127. The zero-order chi connectivity index (χ0) is 14.3. The summed E-state index contributed by atoms with van der Waals surface area (Å²) in [5, 5.41) is 4.32. The van der Waals surface area contributed by atoms with E-state index < -0.39 is 0 Å². The summed E-state index contributed by atoms with van der Waals surface area (Å²) in [7, 11) is 1.87. The lowest BCUT2D eigenvalue weighted by Crippen LogP contribution is -2.04. The van der Waals surface area contributed by atoms with Crippen LogP contribution in [0.25, 0.3) is 11.4 Å². The van der Waals surface area contributed by atoms with Crippen LogP contribution in [-0.2, 0) is 0 Å². The van der Waals surface area contributed by atoms with Crippen LogP contribution in [-0.4, -0.2) is 17.0 Å². The Balaban J connectivity index is 2.15. The van der Waals surface area contributed by atoms with Gasteiger partial charge in [-0.25, -0.2) is 9.97 Å². The minimum Gasteiger partial charge on any atom is -0.372 e. The predicted octanol–water partition coefficient (Wildman–Crippen LogP) is 4.97. The fraction of sp³-hybridized carbons (Fsp3) is 0.286. The van der Waals surface area contributed by atoms with E-state index in [2.05, 4.69) is 32.9 Å². The third-order valence-electron chi connectivity index (χ3n) is 3.20. The van der Waals surface area contributed by atoms with E-state index >= 15 is 0 Å². The zero-order valence-electron chi connectivity index (χ0n) is 10.8. The molecule has 20 heavy (non-hydrogen) atoms. The number of aromatic nitrogens is 2. The summed E-state index contributed by atoms with van der Waals surface area (Å²) >= 11 is 14.4. The molecule has 3 rings (SSSR count). The average molecular weight is 420 g/mol. The van der Waals surface area contributed by atoms with Gasteiger partial charge >= 0.3 is 0 Å². The van der Waals surface area contributed by atoms with Gasteiger partial charge in [0.2, 0.25) is 0 Å². The second kappa shape index (κ2) is 5.66. The largest absolute Gasteiger partial charge is 0.372 e. The van der Waals surface area contributed by atoms with Gasteiger partial charge in [0.1, 0.15) is 5.82 Å². The first-order valence-corrected chi connectivity index (χ1v) is 8.13. The number of halogens is 3. The molecule has 0 amide bonds. The van der Waals surface area contributed by atoms with Crippen LogP contribution < -0.4 is 5.32 Å². The molecule has 0 unspecified atom stereocenters. The highest BCUT2D eigenvalue weighted by Crippen LogP contribution is 2.43. The highest BCUT2D eigenvalue weighted by Gasteiger charge is 2.29. The molecule has 0 spiro atoms. The predicted molar refractivity (Wildman–Crippen MR) is 91.7 cm³/mol. The number of nitrogens with zero attached hydrogens (tertiary/aromatic N) is 2. The zero-order valence-corrected chi connectivity index (χ0v) is 14.4. The summed E-state index contributed by atoms with van der Waals surface area (Å²) in [5.74, 6) is 2.08. The number of hydrogen-bond acceptors (Lipinski definition) is 3. The molecule has 1 saturated carbocycles. The van der Waals surface area contributed by atoms with Crippen molar-refractivity contribution >= 4 is 51.6 Å². The Morgan fingerprint density at radius 1 is 1.15 bits per heavy atom. The molecule has 1 aliphatic rings. The van der Waals surface area contributed by atoms with Crippen molar-refractivity contribution < 1.29 is 0 Å². The maximum atomic E-state index is 6.06. The molecular formula is C14H12Cl2IN3. The van der Waals surface area contributed by atoms with Crippen LogP contribution in [0.5, 0.6) is 0 Å². The molecular weight excluding hydrogens is 408 g/mol. The third kappa shape index (κ3) is 2.87. The second-order valence-corrected chi connectivity index (χ2v) is 6.73. The molecule has 1 N–H and O–H groups in total. The number of benzene rings is 1. The SMILES string of the molecule is CNc1nc(-c2cc(Cl)cc(Cl)c2)nc(C2CC2)c1I. The summed E-state index contributed by atoms with van der Waals surface area (Å²) in [4.78, 5) is 9.29. The molecule has 1 fully saturated rings. The lowest BCUT2D eigenvalue weighted by Gasteiger charge is -2.11. The molecule has 1 aliphatic carbocycles. The monoisotopic (exact) mass is 419 g/mol. The molecule has 1 aromatic heterocycles. The highest BCUT2D eigenvalue weighted by molar-refractivity contribution is 14.1. The van der Waals surface area contributed by atoms with Gasteiger partial charge in [0.25, 0.3) is 0 Å². The van der Waals surface area contributed by atoms with Crippen LogP contribution in [0.4, 0.5) is 5.82 Å². The van der Waals surface area contributed by atoms with Crippen molar-refractivity contribution in [3.8, 4) is 11.4 Å². The summed E-state index contributed by atoms with van der Waals surface area (Å²) < 4.78 is 1.10. The van der Waals surface area contributed by atoms with Crippen molar-refractivity contribution in [2.24, 2.45) is 0 Å². The first-order valence-electron chi connectivity index (χ1n) is 6.30. The van der Waals surface area contributed by atoms with E-state index in [4.69, 9.17) is 28.2 Å². The van der Waals surface area contributed by atoms with Crippen LogP contribution >= 0.6 is 45.8 Å². The average Bonchev–Trinajstić information content (AvgIpc) is 3.22.